The summed E-state index contributed by atoms with van der Waals surface area (Å²) in [6.45, 7) is 4.80. The van der Waals surface area contributed by atoms with Gasteiger partial charge in [-0.3, -0.25) is 0 Å². The molecule has 3 rings (SSSR count). The highest BCUT2D eigenvalue weighted by atomic mass is 35.5. The van der Waals surface area contributed by atoms with Crippen LogP contribution >= 0.6 is 11.6 Å². The Bertz CT molecular complexity index is 859. The number of halogens is 1. The highest BCUT2D eigenvalue weighted by Gasteiger charge is 2.12. The number of nitrogens with zero attached hydrogens (tertiary/aromatic N) is 5. The summed E-state index contributed by atoms with van der Waals surface area (Å²) < 4.78 is 1.80. The van der Waals surface area contributed by atoms with E-state index in [1.54, 1.807) is 16.9 Å². The van der Waals surface area contributed by atoms with Crippen molar-refractivity contribution in [3.05, 3.63) is 76.3 Å². The third-order valence-electron chi connectivity index (χ3n) is 3.72. The van der Waals surface area contributed by atoms with Gasteiger partial charge in [0.1, 0.15) is 23.2 Å². The van der Waals surface area contributed by atoms with Crippen LogP contribution in [-0.2, 0) is 18.0 Å². The summed E-state index contributed by atoms with van der Waals surface area (Å²) in [7, 11) is 0. The standard InChI is InChI=1S/C18H18ClN5O/c1-13(22-25-12-15-6-4-3-5-7-15)18-14(2)24(23-21-18)11-16-8-9-17(19)20-10-16/h3-10H,11-12H2,1-2H3/b22-13+. The van der Waals surface area contributed by atoms with E-state index in [2.05, 4.69) is 20.5 Å². The molecule has 0 aliphatic carbocycles. The Morgan fingerprint density at radius 3 is 2.68 bits per heavy atom. The molecule has 0 N–H and O–H groups in total. The maximum atomic E-state index is 5.81. The molecule has 0 aliphatic rings. The first-order chi connectivity index (χ1) is 12.1. The van der Waals surface area contributed by atoms with E-state index >= 15 is 0 Å². The van der Waals surface area contributed by atoms with Crippen molar-refractivity contribution in [2.75, 3.05) is 0 Å². The third kappa shape index (κ3) is 4.42. The zero-order valence-corrected chi connectivity index (χ0v) is 14.8. The minimum Gasteiger partial charge on any atom is -0.391 e. The van der Waals surface area contributed by atoms with Crippen LogP contribution < -0.4 is 0 Å². The van der Waals surface area contributed by atoms with Crippen LogP contribution in [0.25, 0.3) is 0 Å². The molecule has 0 unspecified atom stereocenters. The zero-order chi connectivity index (χ0) is 17.6. The van der Waals surface area contributed by atoms with Crippen LogP contribution in [0.3, 0.4) is 0 Å². The topological polar surface area (TPSA) is 65.2 Å². The monoisotopic (exact) mass is 355 g/mol. The molecule has 0 spiro atoms. The quantitative estimate of drug-likeness (QED) is 0.385. The summed E-state index contributed by atoms with van der Waals surface area (Å²) in [4.78, 5) is 9.49. The molecule has 0 amide bonds. The molecule has 0 atom stereocenters. The number of aromatic nitrogens is 4. The van der Waals surface area contributed by atoms with Crippen LogP contribution in [0.5, 0.6) is 0 Å². The molecule has 0 aliphatic heterocycles. The van der Waals surface area contributed by atoms with Gasteiger partial charge in [-0.15, -0.1) is 5.10 Å². The summed E-state index contributed by atoms with van der Waals surface area (Å²) in [6, 6.07) is 13.6. The number of pyridine rings is 1. The molecule has 0 bridgehead atoms. The lowest BCUT2D eigenvalue weighted by Gasteiger charge is -2.04. The maximum absolute atomic E-state index is 5.81. The largest absolute Gasteiger partial charge is 0.391 e. The van der Waals surface area contributed by atoms with Gasteiger partial charge in [-0.1, -0.05) is 58.4 Å². The predicted octanol–water partition coefficient (Wildman–Crippen LogP) is 3.62. The smallest absolute Gasteiger partial charge is 0.142 e. The van der Waals surface area contributed by atoms with Crippen LogP contribution in [0.1, 0.15) is 29.4 Å². The molecule has 7 heteroatoms. The van der Waals surface area contributed by atoms with Gasteiger partial charge in [-0.2, -0.15) is 0 Å². The van der Waals surface area contributed by atoms with Crippen LogP contribution in [0.15, 0.2) is 53.8 Å². The first-order valence-corrected chi connectivity index (χ1v) is 8.22. The summed E-state index contributed by atoms with van der Waals surface area (Å²) in [5, 5.41) is 13.0. The average molecular weight is 356 g/mol. The van der Waals surface area contributed by atoms with Crippen LogP contribution in [0.4, 0.5) is 0 Å². The van der Waals surface area contributed by atoms with E-state index in [0.29, 0.717) is 24.0 Å². The second kappa shape index (κ2) is 7.90. The van der Waals surface area contributed by atoms with Crippen molar-refractivity contribution in [2.24, 2.45) is 5.16 Å². The minimum atomic E-state index is 0.418. The van der Waals surface area contributed by atoms with E-state index in [0.717, 1.165) is 22.5 Å². The van der Waals surface area contributed by atoms with E-state index < -0.39 is 0 Å². The molecule has 2 aromatic heterocycles. The van der Waals surface area contributed by atoms with Crippen LogP contribution in [0, 0.1) is 6.92 Å². The second-order valence-electron chi connectivity index (χ2n) is 5.61. The minimum absolute atomic E-state index is 0.418. The lowest BCUT2D eigenvalue weighted by molar-refractivity contribution is 0.130. The molecular formula is C18H18ClN5O. The number of rotatable bonds is 6. The van der Waals surface area contributed by atoms with Gasteiger partial charge in [0.15, 0.2) is 0 Å². The molecule has 128 valence electrons. The highest BCUT2D eigenvalue weighted by Crippen LogP contribution is 2.11. The molecule has 2 heterocycles. The average Bonchev–Trinajstić information content (AvgIpc) is 2.98. The van der Waals surface area contributed by atoms with Crippen molar-refractivity contribution in [1.82, 2.24) is 20.0 Å². The van der Waals surface area contributed by atoms with Crippen LogP contribution in [-0.4, -0.2) is 25.7 Å². The number of oxime groups is 1. The van der Waals surface area contributed by atoms with E-state index in [1.165, 1.54) is 0 Å². The Balaban J connectivity index is 1.67. The molecule has 25 heavy (non-hydrogen) atoms. The molecule has 1 aromatic carbocycles. The third-order valence-corrected chi connectivity index (χ3v) is 3.95. The molecule has 0 radical (unpaired) electrons. The van der Waals surface area contributed by atoms with E-state index in [9.17, 15) is 0 Å². The van der Waals surface area contributed by atoms with E-state index in [4.69, 9.17) is 16.4 Å². The van der Waals surface area contributed by atoms with Gasteiger partial charge in [0, 0.05) is 6.20 Å². The SMILES string of the molecule is C/C(=N\OCc1ccccc1)c1nnn(Cc2ccc(Cl)nc2)c1C. The van der Waals surface area contributed by atoms with E-state index in [1.807, 2.05) is 50.2 Å². The van der Waals surface area contributed by atoms with Gasteiger partial charge in [0.25, 0.3) is 0 Å². The van der Waals surface area contributed by atoms with E-state index in [-0.39, 0.29) is 0 Å². The maximum Gasteiger partial charge on any atom is 0.142 e. The molecule has 0 saturated carbocycles. The fraction of sp³-hybridized carbons (Fsp3) is 0.222. The van der Waals surface area contributed by atoms with Gasteiger partial charge in [0.05, 0.1) is 12.2 Å². The normalized spacial score (nSPS) is 11.6. The zero-order valence-electron chi connectivity index (χ0n) is 14.1. The highest BCUT2D eigenvalue weighted by molar-refractivity contribution is 6.29. The van der Waals surface area contributed by atoms with Crippen molar-refractivity contribution < 1.29 is 4.84 Å². The molecule has 3 aromatic rings. The summed E-state index contributed by atoms with van der Waals surface area (Å²) >= 11 is 5.81. The molecular weight excluding hydrogens is 338 g/mol. The summed E-state index contributed by atoms with van der Waals surface area (Å²) in [6.07, 6.45) is 1.73. The Morgan fingerprint density at radius 1 is 1.16 bits per heavy atom. The molecule has 0 saturated heterocycles. The Labute approximate surface area is 151 Å². The van der Waals surface area contributed by atoms with Gasteiger partial charge in [-0.25, -0.2) is 9.67 Å². The summed E-state index contributed by atoms with van der Waals surface area (Å²) in [5.41, 5.74) is 4.39. The first kappa shape index (κ1) is 17.1. The van der Waals surface area contributed by atoms with Crippen molar-refractivity contribution in [3.63, 3.8) is 0 Å². The first-order valence-electron chi connectivity index (χ1n) is 7.85. The summed E-state index contributed by atoms with van der Waals surface area (Å²) in [5.74, 6) is 0. The van der Waals surface area contributed by atoms with Gasteiger partial charge in [-0.05, 0) is 31.0 Å². The molecule has 0 fully saturated rings. The molecule has 6 nitrogen and oxygen atoms in total. The van der Waals surface area contributed by atoms with Gasteiger partial charge >= 0.3 is 0 Å². The van der Waals surface area contributed by atoms with Crippen molar-refractivity contribution in [3.8, 4) is 0 Å². The lowest BCUT2D eigenvalue weighted by atomic mass is 10.2. The van der Waals surface area contributed by atoms with Crippen molar-refractivity contribution >= 4 is 17.3 Å². The second-order valence-corrected chi connectivity index (χ2v) is 5.99. The Hall–Kier alpha value is -2.73. The number of hydrogen-bond acceptors (Lipinski definition) is 5. The lowest BCUT2D eigenvalue weighted by Crippen LogP contribution is -2.06. The van der Waals surface area contributed by atoms with Crippen molar-refractivity contribution in [2.45, 2.75) is 27.0 Å². The number of hydrogen-bond donors (Lipinski definition) is 0. The van der Waals surface area contributed by atoms with Gasteiger partial charge in [0.2, 0.25) is 0 Å². The fourth-order valence-electron chi connectivity index (χ4n) is 2.34. The van der Waals surface area contributed by atoms with Gasteiger partial charge < -0.3 is 4.84 Å². The van der Waals surface area contributed by atoms with Crippen molar-refractivity contribution in [1.29, 1.82) is 0 Å². The Kier molecular flexibility index (Phi) is 5.40. The number of benzene rings is 1. The predicted molar refractivity (Wildman–Crippen MR) is 96.6 cm³/mol. The van der Waals surface area contributed by atoms with Crippen LogP contribution in [0.2, 0.25) is 5.15 Å². The Morgan fingerprint density at radius 2 is 1.96 bits per heavy atom. The fourth-order valence-corrected chi connectivity index (χ4v) is 2.45.